The molecule has 9 heteroatoms. The molecule has 1 aromatic heterocycles. The van der Waals surface area contributed by atoms with E-state index in [1.165, 1.54) is 17.8 Å². The standard InChI is InChI=1S/C14H12ClN3O4S/c15-5-7-1-8-3-10(17-13(8)11(2-7)18(21)22)14-16-9(6-23-14)4-12(19)20/h1-3,9,17H,4-6H2,(H,19,20). The molecule has 1 aliphatic heterocycles. The van der Waals surface area contributed by atoms with Crippen LogP contribution in [0, 0.1) is 10.1 Å². The van der Waals surface area contributed by atoms with Gasteiger partial charge in [0.25, 0.3) is 5.69 Å². The van der Waals surface area contributed by atoms with Gasteiger partial charge in [0.1, 0.15) is 10.6 Å². The highest BCUT2D eigenvalue weighted by molar-refractivity contribution is 8.14. The SMILES string of the molecule is O=C(O)CC1CSC(c2cc3cc(CCl)cc([N+](=O)[O-])c3[nH]2)=N1. The van der Waals surface area contributed by atoms with Crippen LogP contribution in [0.15, 0.2) is 23.2 Å². The van der Waals surface area contributed by atoms with E-state index in [1.807, 2.05) is 0 Å². The highest BCUT2D eigenvalue weighted by atomic mass is 35.5. The number of thioether (sulfide) groups is 1. The normalized spacial score (nSPS) is 17.4. The summed E-state index contributed by atoms with van der Waals surface area (Å²) in [6, 6.07) is 4.76. The molecule has 1 atom stereocenters. The first-order chi connectivity index (χ1) is 11.0. The van der Waals surface area contributed by atoms with Crippen molar-refractivity contribution in [3.05, 3.63) is 39.6 Å². The van der Waals surface area contributed by atoms with Crippen molar-refractivity contribution >= 4 is 51.0 Å². The smallest absolute Gasteiger partial charge is 0.305 e. The van der Waals surface area contributed by atoms with Crippen molar-refractivity contribution in [1.82, 2.24) is 4.98 Å². The third kappa shape index (κ3) is 3.18. The van der Waals surface area contributed by atoms with Gasteiger partial charge in [-0.25, -0.2) is 0 Å². The van der Waals surface area contributed by atoms with Crippen LogP contribution in [0.3, 0.4) is 0 Å². The van der Waals surface area contributed by atoms with E-state index in [1.54, 1.807) is 12.1 Å². The van der Waals surface area contributed by atoms with E-state index in [-0.39, 0.29) is 24.0 Å². The number of aromatic nitrogens is 1. The quantitative estimate of drug-likeness (QED) is 0.487. The number of fused-ring (bicyclic) bond motifs is 1. The lowest BCUT2D eigenvalue weighted by Crippen LogP contribution is -2.10. The number of H-pyrrole nitrogens is 1. The Balaban J connectivity index is 2.02. The summed E-state index contributed by atoms with van der Waals surface area (Å²) in [5.74, 6) is -0.112. The van der Waals surface area contributed by atoms with Gasteiger partial charge in [-0.1, -0.05) is 0 Å². The number of aliphatic carboxylic acids is 1. The lowest BCUT2D eigenvalue weighted by Gasteiger charge is -1.98. The number of nitro groups is 1. The minimum Gasteiger partial charge on any atom is -0.481 e. The molecule has 0 aliphatic carbocycles. The number of benzene rings is 1. The number of alkyl halides is 1. The Hall–Kier alpha value is -2.06. The summed E-state index contributed by atoms with van der Waals surface area (Å²) < 4.78 is 0. The number of nitrogens with one attached hydrogen (secondary N) is 1. The first-order valence-electron chi connectivity index (χ1n) is 6.76. The van der Waals surface area contributed by atoms with Gasteiger partial charge in [0.2, 0.25) is 0 Å². The monoisotopic (exact) mass is 353 g/mol. The highest BCUT2D eigenvalue weighted by Crippen LogP contribution is 2.32. The number of halogens is 1. The van der Waals surface area contributed by atoms with Gasteiger partial charge in [0.05, 0.1) is 23.1 Å². The molecule has 2 N–H and O–H groups in total. The Kier molecular flexibility index (Phi) is 4.27. The second-order valence-corrected chi connectivity index (χ2v) is 6.43. The van der Waals surface area contributed by atoms with Crippen LogP contribution < -0.4 is 0 Å². The third-order valence-corrected chi connectivity index (χ3v) is 4.93. The maximum Gasteiger partial charge on any atom is 0.305 e. The van der Waals surface area contributed by atoms with Crippen LogP contribution in [0.5, 0.6) is 0 Å². The second-order valence-electron chi connectivity index (χ2n) is 5.15. The van der Waals surface area contributed by atoms with E-state index in [0.29, 0.717) is 33.0 Å². The molecular formula is C14H12ClN3O4S. The van der Waals surface area contributed by atoms with E-state index >= 15 is 0 Å². The molecule has 0 fully saturated rings. The molecule has 7 nitrogen and oxygen atoms in total. The number of rotatable bonds is 5. The second kappa shape index (κ2) is 6.21. The van der Waals surface area contributed by atoms with Gasteiger partial charge >= 0.3 is 5.97 Å². The Morgan fingerprint density at radius 3 is 2.96 bits per heavy atom. The zero-order chi connectivity index (χ0) is 16.6. The van der Waals surface area contributed by atoms with Crippen molar-refractivity contribution in [2.75, 3.05) is 5.75 Å². The number of carboxylic acids is 1. The Bertz CT molecular complexity index is 833. The van der Waals surface area contributed by atoms with Crippen molar-refractivity contribution in [3.8, 4) is 0 Å². The number of nitro benzene ring substituents is 1. The fourth-order valence-corrected chi connectivity index (χ4v) is 3.68. The maximum absolute atomic E-state index is 11.2. The molecule has 0 amide bonds. The van der Waals surface area contributed by atoms with Crippen LogP contribution in [-0.4, -0.2) is 37.8 Å². The number of hydrogen-bond donors (Lipinski definition) is 2. The first kappa shape index (κ1) is 15.8. The Morgan fingerprint density at radius 2 is 2.30 bits per heavy atom. The van der Waals surface area contributed by atoms with E-state index in [2.05, 4.69) is 9.98 Å². The molecule has 23 heavy (non-hydrogen) atoms. The zero-order valence-electron chi connectivity index (χ0n) is 11.8. The van der Waals surface area contributed by atoms with Crippen LogP contribution in [0.4, 0.5) is 5.69 Å². The first-order valence-corrected chi connectivity index (χ1v) is 8.28. The van der Waals surface area contributed by atoms with Gasteiger partial charge in [-0.05, 0) is 17.7 Å². The summed E-state index contributed by atoms with van der Waals surface area (Å²) in [5, 5.41) is 21.4. The summed E-state index contributed by atoms with van der Waals surface area (Å²) in [6.45, 7) is 0. The summed E-state index contributed by atoms with van der Waals surface area (Å²) in [6.07, 6.45) is -0.0206. The van der Waals surface area contributed by atoms with E-state index < -0.39 is 10.9 Å². The molecule has 1 unspecified atom stereocenters. The molecule has 1 aliphatic rings. The molecule has 2 aromatic rings. The van der Waals surface area contributed by atoms with Crippen LogP contribution in [0.1, 0.15) is 17.7 Å². The number of hydrogen-bond acceptors (Lipinski definition) is 5. The van der Waals surface area contributed by atoms with E-state index in [0.717, 1.165) is 0 Å². The predicted octanol–water partition coefficient (Wildman–Crippen LogP) is 3.15. The highest BCUT2D eigenvalue weighted by Gasteiger charge is 2.24. The largest absolute Gasteiger partial charge is 0.481 e. The van der Waals surface area contributed by atoms with Crippen LogP contribution >= 0.6 is 23.4 Å². The summed E-state index contributed by atoms with van der Waals surface area (Å²) in [7, 11) is 0. The van der Waals surface area contributed by atoms with Crippen molar-refractivity contribution in [1.29, 1.82) is 0 Å². The van der Waals surface area contributed by atoms with Gasteiger partial charge in [0, 0.05) is 23.1 Å². The molecule has 0 saturated heterocycles. The zero-order valence-corrected chi connectivity index (χ0v) is 13.4. The molecule has 3 rings (SSSR count). The molecule has 0 spiro atoms. The average molecular weight is 354 g/mol. The van der Waals surface area contributed by atoms with E-state index in [4.69, 9.17) is 16.7 Å². The number of carbonyl (C=O) groups is 1. The lowest BCUT2D eigenvalue weighted by atomic mass is 10.1. The number of non-ortho nitro benzene ring substituents is 1. The predicted molar refractivity (Wildman–Crippen MR) is 89.5 cm³/mol. The van der Waals surface area contributed by atoms with Gasteiger partial charge in [-0.15, -0.1) is 23.4 Å². The number of aromatic amines is 1. The fraction of sp³-hybridized carbons (Fsp3) is 0.286. The van der Waals surface area contributed by atoms with Crippen molar-refractivity contribution < 1.29 is 14.8 Å². The molecule has 120 valence electrons. The fourth-order valence-electron chi connectivity index (χ4n) is 2.49. The number of nitrogens with zero attached hydrogens (tertiary/aromatic N) is 2. The lowest BCUT2D eigenvalue weighted by molar-refractivity contribution is -0.383. The molecule has 0 bridgehead atoms. The van der Waals surface area contributed by atoms with Gasteiger partial charge in [-0.2, -0.15) is 0 Å². The minimum atomic E-state index is -0.889. The van der Waals surface area contributed by atoms with Gasteiger partial charge < -0.3 is 10.1 Å². The van der Waals surface area contributed by atoms with Gasteiger partial charge in [-0.3, -0.25) is 19.9 Å². The number of aliphatic imine (C=N–C) groups is 1. The molecule has 0 saturated carbocycles. The topological polar surface area (TPSA) is 109 Å². The van der Waals surface area contributed by atoms with Crippen molar-refractivity contribution in [2.45, 2.75) is 18.3 Å². The van der Waals surface area contributed by atoms with E-state index in [9.17, 15) is 14.9 Å². The minimum absolute atomic E-state index is 0.0206. The molecule has 2 heterocycles. The van der Waals surface area contributed by atoms with Crippen LogP contribution in [-0.2, 0) is 10.7 Å². The van der Waals surface area contributed by atoms with Crippen LogP contribution in [0.2, 0.25) is 0 Å². The van der Waals surface area contributed by atoms with Crippen LogP contribution in [0.25, 0.3) is 10.9 Å². The summed E-state index contributed by atoms with van der Waals surface area (Å²) in [4.78, 5) is 28.9. The third-order valence-electron chi connectivity index (χ3n) is 3.47. The average Bonchev–Trinajstić information content (AvgIpc) is 3.11. The number of carboxylic acid groups (broad SMARTS) is 1. The maximum atomic E-state index is 11.2. The van der Waals surface area contributed by atoms with Crippen molar-refractivity contribution in [3.63, 3.8) is 0 Å². The molecular weight excluding hydrogens is 342 g/mol. The molecule has 1 aromatic carbocycles. The van der Waals surface area contributed by atoms with Gasteiger partial charge in [0.15, 0.2) is 0 Å². The summed E-state index contributed by atoms with van der Waals surface area (Å²) in [5.41, 5.74) is 1.72. The van der Waals surface area contributed by atoms with Crippen molar-refractivity contribution in [2.24, 2.45) is 4.99 Å². The molecule has 0 radical (unpaired) electrons. The summed E-state index contributed by atoms with van der Waals surface area (Å²) >= 11 is 7.23. The Labute approximate surface area is 139 Å². The Morgan fingerprint density at radius 1 is 1.52 bits per heavy atom.